The summed E-state index contributed by atoms with van der Waals surface area (Å²) in [6, 6.07) is 17.8. The highest BCUT2D eigenvalue weighted by Crippen LogP contribution is 2.33. The second-order valence-corrected chi connectivity index (χ2v) is 7.84. The Labute approximate surface area is 173 Å². The number of anilines is 1. The van der Waals surface area contributed by atoms with Crippen LogP contribution < -0.4 is 5.32 Å². The predicted molar refractivity (Wildman–Crippen MR) is 114 cm³/mol. The first-order chi connectivity index (χ1) is 14.1. The molecular formula is C22H22N4O2S. The largest absolute Gasteiger partial charge is 0.382 e. The zero-order valence-electron chi connectivity index (χ0n) is 16.3. The van der Waals surface area contributed by atoms with E-state index in [-0.39, 0.29) is 5.91 Å². The number of amides is 1. The van der Waals surface area contributed by atoms with Gasteiger partial charge in [0.25, 0.3) is 5.91 Å². The van der Waals surface area contributed by atoms with E-state index in [0.29, 0.717) is 6.42 Å². The summed E-state index contributed by atoms with van der Waals surface area (Å²) in [7, 11) is 0. The molecule has 0 bridgehead atoms. The summed E-state index contributed by atoms with van der Waals surface area (Å²) in [6.45, 7) is 4.76. The van der Waals surface area contributed by atoms with Crippen LogP contribution in [0.3, 0.4) is 0 Å². The fraction of sp³-hybridized carbons (Fsp3) is 0.227. The first-order valence-corrected chi connectivity index (χ1v) is 10.4. The van der Waals surface area contributed by atoms with Crippen LogP contribution in [-0.4, -0.2) is 27.5 Å². The second-order valence-electron chi connectivity index (χ2n) is 6.72. The Morgan fingerprint density at radius 2 is 1.97 bits per heavy atom. The third-order valence-electron chi connectivity index (χ3n) is 4.66. The molecule has 1 amide bonds. The molecule has 148 valence electrons. The van der Waals surface area contributed by atoms with Crippen LogP contribution in [-0.2, 0) is 16.2 Å². The molecule has 0 fully saturated rings. The van der Waals surface area contributed by atoms with Crippen LogP contribution in [0.25, 0.3) is 0 Å². The second kappa shape index (κ2) is 8.53. The molecule has 29 heavy (non-hydrogen) atoms. The Kier molecular flexibility index (Phi) is 5.67. The van der Waals surface area contributed by atoms with E-state index in [9.17, 15) is 4.79 Å². The number of aryl methyl sites for hydroxylation is 2. The lowest BCUT2D eigenvalue weighted by molar-refractivity contribution is -0.125. The Morgan fingerprint density at radius 1 is 1.21 bits per heavy atom. The molecule has 4 rings (SSSR count). The fourth-order valence-electron chi connectivity index (χ4n) is 3.13. The van der Waals surface area contributed by atoms with E-state index in [0.717, 1.165) is 39.0 Å². The highest BCUT2D eigenvalue weighted by Gasteiger charge is 2.30. The number of hydrogen-bond donors (Lipinski definition) is 1. The Morgan fingerprint density at radius 3 is 2.72 bits per heavy atom. The van der Waals surface area contributed by atoms with E-state index >= 15 is 0 Å². The summed E-state index contributed by atoms with van der Waals surface area (Å²) in [5.74, 6) is -0.203. The van der Waals surface area contributed by atoms with Crippen LogP contribution in [0.5, 0.6) is 0 Å². The maximum atomic E-state index is 12.8. The monoisotopic (exact) mass is 406 g/mol. The molecule has 1 aromatic heterocycles. The van der Waals surface area contributed by atoms with E-state index in [4.69, 9.17) is 4.84 Å². The first kappa shape index (κ1) is 19.3. The molecule has 0 radical (unpaired) electrons. The molecule has 0 saturated heterocycles. The summed E-state index contributed by atoms with van der Waals surface area (Å²) in [5.41, 5.74) is 3.34. The van der Waals surface area contributed by atoms with Crippen molar-refractivity contribution in [3.05, 3.63) is 72.1 Å². The van der Waals surface area contributed by atoms with Crippen LogP contribution in [0.4, 0.5) is 5.69 Å². The Balaban J connectivity index is 1.44. The van der Waals surface area contributed by atoms with Gasteiger partial charge in [-0.1, -0.05) is 47.2 Å². The molecule has 0 saturated carbocycles. The van der Waals surface area contributed by atoms with Gasteiger partial charge in [0.05, 0.1) is 17.1 Å². The van der Waals surface area contributed by atoms with Gasteiger partial charge in [-0.05, 0) is 38.1 Å². The molecule has 0 aliphatic carbocycles. The lowest BCUT2D eigenvalue weighted by Crippen LogP contribution is -2.28. The molecule has 1 aliphatic heterocycles. The van der Waals surface area contributed by atoms with Crippen molar-refractivity contribution in [1.82, 2.24) is 9.78 Å². The molecule has 1 unspecified atom stereocenters. The fourth-order valence-corrected chi connectivity index (χ4v) is 4.05. The smallest absolute Gasteiger partial charge is 0.268 e. The van der Waals surface area contributed by atoms with Gasteiger partial charge in [0.15, 0.2) is 0 Å². The van der Waals surface area contributed by atoms with Crippen LogP contribution >= 0.6 is 11.8 Å². The minimum absolute atomic E-state index is 0.203. The topological polar surface area (TPSA) is 68.5 Å². The number of aromatic nitrogens is 2. The molecule has 0 spiro atoms. The molecule has 2 heterocycles. The van der Waals surface area contributed by atoms with E-state index < -0.39 is 6.10 Å². The third kappa shape index (κ3) is 4.35. The van der Waals surface area contributed by atoms with Gasteiger partial charge in [-0.3, -0.25) is 9.48 Å². The maximum Gasteiger partial charge on any atom is 0.268 e. The number of oxime groups is 1. The number of rotatable bonds is 6. The molecule has 1 aliphatic rings. The van der Waals surface area contributed by atoms with E-state index in [1.807, 2.05) is 79.3 Å². The van der Waals surface area contributed by atoms with Gasteiger partial charge in [0.2, 0.25) is 6.10 Å². The van der Waals surface area contributed by atoms with E-state index in [1.54, 1.807) is 11.8 Å². The van der Waals surface area contributed by atoms with Gasteiger partial charge in [0.1, 0.15) is 0 Å². The Hall–Kier alpha value is -3.06. The lowest BCUT2D eigenvalue weighted by Gasteiger charge is -2.13. The van der Waals surface area contributed by atoms with Crippen LogP contribution in [0.15, 0.2) is 75.7 Å². The van der Waals surface area contributed by atoms with Gasteiger partial charge in [-0.2, -0.15) is 5.10 Å². The number of carbonyl (C=O) groups excluding carboxylic acids is 1. The quantitative estimate of drug-likeness (QED) is 0.655. The number of nitrogens with zero attached hydrogens (tertiary/aromatic N) is 3. The van der Waals surface area contributed by atoms with Crippen LogP contribution in [0.2, 0.25) is 0 Å². The first-order valence-electron chi connectivity index (χ1n) is 9.54. The molecule has 6 nitrogen and oxygen atoms in total. The zero-order valence-corrected chi connectivity index (χ0v) is 17.1. The molecule has 1 atom stereocenters. The summed E-state index contributed by atoms with van der Waals surface area (Å²) in [5, 5.41) is 11.6. The van der Waals surface area contributed by atoms with E-state index in [1.165, 1.54) is 0 Å². The average Bonchev–Trinajstić information content (AvgIpc) is 3.37. The summed E-state index contributed by atoms with van der Waals surface area (Å²) in [4.78, 5) is 20.3. The minimum atomic E-state index is -0.649. The summed E-state index contributed by atoms with van der Waals surface area (Å²) < 4.78 is 1.86. The zero-order chi connectivity index (χ0) is 20.2. The molecule has 3 aromatic rings. The number of hydrogen-bond acceptors (Lipinski definition) is 5. The van der Waals surface area contributed by atoms with E-state index in [2.05, 4.69) is 15.6 Å². The lowest BCUT2D eigenvalue weighted by atomic mass is 10.1. The van der Waals surface area contributed by atoms with Crippen molar-refractivity contribution in [1.29, 1.82) is 0 Å². The third-order valence-corrected chi connectivity index (χ3v) is 5.74. The van der Waals surface area contributed by atoms with Crippen molar-refractivity contribution >= 4 is 29.1 Å². The average molecular weight is 407 g/mol. The van der Waals surface area contributed by atoms with Gasteiger partial charge < -0.3 is 10.2 Å². The Bertz CT molecular complexity index is 1050. The molecular weight excluding hydrogens is 384 g/mol. The van der Waals surface area contributed by atoms with Crippen LogP contribution in [0.1, 0.15) is 24.6 Å². The SMILES string of the molecule is CCn1cc(C2=NOC(C(=O)Nc3ccccc3Sc3ccccc3)C2)c(C)n1. The standard InChI is InChI=1S/C22H22N4O2S/c1-3-26-14-17(15(2)24-26)19-13-20(28-25-19)22(27)23-18-11-7-8-12-21(18)29-16-9-5-4-6-10-16/h4-12,14,20H,3,13H2,1-2H3,(H,23,27). The minimum Gasteiger partial charge on any atom is -0.382 e. The number of nitrogens with one attached hydrogen (secondary N) is 1. The normalized spacial score (nSPS) is 15.7. The maximum absolute atomic E-state index is 12.8. The van der Waals surface area contributed by atoms with Crippen molar-refractivity contribution in [3.63, 3.8) is 0 Å². The van der Waals surface area contributed by atoms with Crippen molar-refractivity contribution in [2.24, 2.45) is 5.16 Å². The highest BCUT2D eigenvalue weighted by atomic mass is 32.2. The van der Waals surface area contributed by atoms with Gasteiger partial charge in [-0.25, -0.2) is 0 Å². The molecule has 7 heteroatoms. The van der Waals surface area contributed by atoms with Gasteiger partial charge in [0, 0.05) is 34.5 Å². The summed E-state index contributed by atoms with van der Waals surface area (Å²) in [6.07, 6.45) is 1.73. The predicted octanol–water partition coefficient (Wildman–Crippen LogP) is 4.49. The van der Waals surface area contributed by atoms with Gasteiger partial charge >= 0.3 is 0 Å². The molecule has 1 N–H and O–H groups in total. The van der Waals surface area contributed by atoms with Crippen molar-refractivity contribution in [3.8, 4) is 0 Å². The summed E-state index contributed by atoms with van der Waals surface area (Å²) >= 11 is 1.61. The highest BCUT2D eigenvalue weighted by molar-refractivity contribution is 7.99. The van der Waals surface area contributed by atoms with Crippen LogP contribution in [0, 0.1) is 6.92 Å². The number of benzene rings is 2. The number of carbonyl (C=O) groups is 1. The number of para-hydroxylation sites is 1. The van der Waals surface area contributed by atoms with Crippen molar-refractivity contribution in [2.75, 3.05) is 5.32 Å². The van der Waals surface area contributed by atoms with Gasteiger partial charge in [-0.15, -0.1) is 0 Å². The van der Waals surface area contributed by atoms with Crippen molar-refractivity contribution in [2.45, 2.75) is 42.7 Å². The molecule has 2 aromatic carbocycles. The van der Waals surface area contributed by atoms with Crippen molar-refractivity contribution < 1.29 is 9.63 Å².